The lowest BCUT2D eigenvalue weighted by molar-refractivity contribution is 0.293. The Labute approximate surface area is 110 Å². The van der Waals surface area contributed by atoms with Crippen LogP contribution >= 0.6 is 0 Å². The molecule has 5 nitrogen and oxygen atoms in total. The molecule has 0 fully saturated rings. The molecule has 1 aromatic carbocycles. The summed E-state index contributed by atoms with van der Waals surface area (Å²) in [4.78, 5) is 8.41. The molecular formula is C13H15FN4O. The van der Waals surface area contributed by atoms with Crippen LogP contribution in [0.2, 0.25) is 0 Å². The van der Waals surface area contributed by atoms with E-state index in [0.717, 1.165) is 11.3 Å². The van der Waals surface area contributed by atoms with Crippen LogP contribution in [0.15, 0.2) is 24.3 Å². The average molecular weight is 262 g/mol. The number of hydrogen-bond acceptors (Lipinski definition) is 5. The summed E-state index contributed by atoms with van der Waals surface area (Å²) in [6.45, 7) is 3.82. The summed E-state index contributed by atoms with van der Waals surface area (Å²) in [5.74, 6) is 6.67. The van der Waals surface area contributed by atoms with Gasteiger partial charge >= 0.3 is 0 Å². The Morgan fingerprint density at radius 3 is 2.74 bits per heavy atom. The number of nitrogen functional groups attached to an aromatic ring is 1. The number of aromatic nitrogens is 2. The van der Waals surface area contributed by atoms with E-state index in [1.165, 1.54) is 12.1 Å². The minimum Gasteiger partial charge on any atom is -0.485 e. The van der Waals surface area contributed by atoms with Gasteiger partial charge in [-0.2, -0.15) is 0 Å². The van der Waals surface area contributed by atoms with Crippen LogP contribution in [0.5, 0.6) is 5.75 Å². The van der Waals surface area contributed by atoms with E-state index in [1.807, 2.05) is 6.92 Å². The fraction of sp³-hybridized carbons (Fsp3) is 0.231. The number of nitrogens with zero attached hydrogens (tertiary/aromatic N) is 2. The van der Waals surface area contributed by atoms with E-state index in [2.05, 4.69) is 15.4 Å². The maximum absolute atomic E-state index is 13.0. The molecular weight excluding hydrogens is 247 g/mol. The molecule has 0 bridgehead atoms. The van der Waals surface area contributed by atoms with Crippen molar-refractivity contribution < 1.29 is 9.13 Å². The average Bonchev–Trinajstić information content (AvgIpc) is 2.37. The SMILES string of the molecule is Cc1cc(NN)nc(COc2ccc(F)cc2C)n1. The smallest absolute Gasteiger partial charge is 0.168 e. The van der Waals surface area contributed by atoms with E-state index in [4.69, 9.17) is 10.6 Å². The summed E-state index contributed by atoms with van der Waals surface area (Å²) in [6.07, 6.45) is 0. The molecule has 19 heavy (non-hydrogen) atoms. The molecule has 1 aromatic heterocycles. The van der Waals surface area contributed by atoms with Gasteiger partial charge in [0.2, 0.25) is 0 Å². The summed E-state index contributed by atoms with van der Waals surface area (Å²) >= 11 is 0. The Morgan fingerprint density at radius 1 is 1.26 bits per heavy atom. The normalized spacial score (nSPS) is 10.3. The van der Waals surface area contributed by atoms with Gasteiger partial charge in [0.05, 0.1) is 0 Å². The second-order valence-electron chi connectivity index (χ2n) is 4.15. The van der Waals surface area contributed by atoms with Crippen LogP contribution in [0.4, 0.5) is 10.2 Å². The number of aryl methyl sites for hydroxylation is 2. The van der Waals surface area contributed by atoms with Crippen molar-refractivity contribution in [2.45, 2.75) is 20.5 Å². The number of ether oxygens (including phenoxy) is 1. The Balaban J connectivity index is 2.12. The highest BCUT2D eigenvalue weighted by atomic mass is 19.1. The fourth-order valence-electron chi connectivity index (χ4n) is 1.69. The first-order valence-corrected chi connectivity index (χ1v) is 5.78. The van der Waals surface area contributed by atoms with Crippen molar-refractivity contribution >= 4 is 5.82 Å². The van der Waals surface area contributed by atoms with E-state index in [-0.39, 0.29) is 12.4 Å². The number of halogens is 1. The number of anilines is 1. The van der Waals surface area contributed by atoms with Crippen LogP contribution in [-0.2, 0) is 6.61 Å². The molecule has 0 unspecified atom stereocenters. The van der Waals surface area contributed by atoms with Crippen LogP contribution < -0.4 is 16.0 Å². The van der Waals surface area contributed by atoms with Gasteiger partial charge in [-0.1, -0.05) is 0 Å². The van der Waals surface area contributed by atoms with E-state index >= 15 is 0 Å². The van der Waals surface area contributed by atoms with Crippen LogP contribution in [-0.4, -0.2) is 9.97 Å². The Bertz CT molecular complexity index is 589. The third kappa shape index (κ3) is 3.38. The molecule has 2 rings (SSSR count). The van der Waals surface area contributed by atoms with Gasteiger partial charge in [0.1, 0.15) is 24.0 Å². The van der Waals surface area contributed by atoms with E-state index in [9.17, 15) is 4.39 Å². The lowest BCUT2D eigenvalue weighted by Gasteiger charge is -2.09. The molecule has 100 valence electrons. The molecule has 0 aliphatic heterocycles. The fourth-order valence-corrected chi connectivity index (χ4v) is 1.69. The quantitative estimate of drug-likeness (QED) is 0.652. The zero-order valence-electron chi connectivity index (χ0n) is 10.8. The van der Waals surface area contributed by atoms with E-state index < -0.39 is 0 Å². The maximum Gasteiger partial charge on any atom is 0.168 e. The zero-order chi connectivity index (χ0) is 13.8. The Morgan fingerprint density at radius 2 is 2.05 bits per heavy atom. The van der Waals surface area contributed by atoms with Gasteiger partial charge in [0.25, 0.3) is 0 Å². The number of benzene rings is 1. The van der Waals surface area contributed by atoms with Crippen LogP contribution in [0.3, 0.4) is 0 Å². The van der Waals surface area contributed by atoms with Crippen molar-refractivity contribution in [3.05, 3.63) is 47.2 Å². The van der Waals surface area contributed by atoms with Crippen LogP contribution in [0, 0.1) is 19.7 Å². The first kappa shape index (κ1) is 13.2. The van der Waals surface area contributed by atoms with E-state index in [0.29, 0.717) is 17.4 Å². The predicted molar refractivity (Wildman–Crippen MR) is 70.0 cm³/mol. The summed E-state index contributed by atoms with van der Waals surface area (Å²) in [5, 5.41) is 0. The highest BCUT2D eigenvalue weighted by Crippen LogP contribution is 2.19. The summed E-state index contributed by atoms with van der Waals surface area (Å²) in [5.41, 5.74) is 3.98. The van der Waals surface area contributed by atoms with Crippen molar-refractivity contribution in [1.82, 2.24) is 9.97 Å². The van der Waals surface area contributed by atoms with Crippen molar-refractivity contribution in [2.75, 3.05) is 5.43 Å². The molecule has 3 N–H and O–H groups in total. The summed E-state index contributed by atoms with van der Waals surface area (Å²) in [7, 11) is 0. The molecule has 0 saturated heterocycles. The van der Waals surface area contributed by atoms with Crippen molar-refractivity contribution in [3.63, 3.8) is 0 Å². The summed E-state index contributed by atoms with van der Waals surface area (Å²) in [6, 6.07) is 6.08. The van der Waals surface area contributed by atoms with Gasteiger partial charge in [-0.05, 0) is 37.6 Å². The lowest BCUT2D eigenvalue weighted by atomic mass is 10.2. The Kier molecular flexibility index (Phi) is 3.91. The highest BCUT2D eigenvalue weighted by molar-refractivity contribution is 5.35. The zero-order valence-corrected chi connectivity index (χ0v) is 10.8. The maximum atomic E-state index is 13.0. The first-order valence-electron chi connectivity index (χ1n) is 5.78. The molecule has 0 spiro atoms. The van der Waals surface area contributed by atoms with Gasteiger partial charge in [-0.25, -0.2) is 20.2 Å². The number of nitrogens with two attached hydrogens (primary N) is 1. The molecule has 0 aliphatic carbocycles. The number of hydrazine groups is 1. The van der Waals surface area contributed by atoms with Gasteiger partial charge in [-0.3, -0.25) is 0 Å². The minimum atomic E-state index is -0.286. The summed E-state index contributed by atoms with van der Waals surface area (Å²) < 4.78 is 18.5. The number of nitrogens with one attached hydrogen (secondary N) is 1. The molecule has 0 atom stereocenters. The van der Waals surface area contributed by atoms with Crippen molar-refractivity contribution in [1.29, 1.82) is 0 Å². The largest absolute Gasteiger partial charge is 0.485 e. The molecule has 0 amide bonds. The van der Waals surface area contributed by atoms with E-state index in [1.54, 1.807) is 19.1 Å². The topological polar surface area (TPSA) is 73.1 Å². The monoisotopic (exact) mass is 262 g/mol. The third-order valence-electron chi connectivity index (χ3n) is 2.54. The van der Waals surface area contributed by atoms with Crippen molar-refractivity contribution in [3.8, 4) is 5.75 Å². The van der Waals surface area contributed by atoms with Crippen molar-refractivity contribution in [2.24, 2.45) is 5.84 Å². The highest BCUT2D eigenvalue weighted by Gasteiger charge is 2.05. The molecule has 6 heteroatoms. The van der Waals surface area contributed by atoms with Gasteiger partial charge in [0.15, 0.2) is 5.82 Å². The molecule has 2 aromatic rings. The third-order valence-corrected chi connectivity index (χ3v) is 2.54. The predicted octanol–water partition coefficient (Wildman–Crippen LogP) is 2.10. The molecule has 0 aliphatic rings. The Hall–Kier alpha value is -2.21. The number of rotatable bonds is 4. The van der Waals surface area contributed by atoms with Crippen LogP contribution in [0.1, 0.15) is 17.1 Å². The van der Waals surface area contributed by atoms with Gasteiger partial charge in [-0.15, -0.1) is 0 Å². The second kappa shape index (κ2) is 5.62. The van der Waals surface area contributed by atoms with Gasteiger partial charge < -0.3 is 10.2 Å². The number of hydrogen-bond donors (Lipinski definition) is 2. The second-order valence-corrected chi connectivity index (χ2v) is 4.15. The lowest BCUT2D eigenvalue weighted by Crippen LogP contribution is -2.12. The molecule has 0 radical (unpaired) electrons. The van der Waals surface area contributed by atoms with Crippen LogP contribution in [0.25, 0.3) is 0 Å². The molecule has 1 heterocycles. The molecule has 0 saturated carbocycles. The first-order chi connectivity index (χ1) is 9.08. The van der Waals surface area contributed by atoms with Gasteiger partial charge in [0, 0.05) is 11.8 Å². The standard InChI is InChI=1S/C13H15FN4O/c1-8-5-10(14)3-4-11(8)19-7-13-16-9(2)6-12(17-13)18-15/h3-6H,7,15H2,1-2H3,(H,16,17,18). The minimum absolute atomic E-state index is 0.197.